The maximum Gasteiger partial charge on any atom is 0.407 e. The molecule has 4 nitrogen and oxygen atoms in total. The molecule has 0 aromatic heterocycles. The first kappa shape index (κ1) is 19.0. The van der Waals surface area contributed by atoms with Crippen LogP contribution in [-0.4, -0.2) is 37.0 Å². The van der Waals surface area contributed by atoms with Crippen LogP contribution in [-0.2, 0) is 4.74 Å². The highest BCUT2D eigenvalue weighted by Crippen LogP contribution is 2.30. The van der Waals surface area contributed by atoms with Crippen molar-refractivity contribution < 1.29 is 22.7 Å². The maximum absolute atomic E-state index is 12.5. The van der Waals surface area contributed by atoms with Crippen LogP contribution in [0.25, 0.3) is 0 Å². The highest BCUT2D eigenvalue weighted by molar-refractivity contribution is 5.68. The summed E-state index contributed by atoms with van der Waals surface area (Å²) in [4.78, 5) is 11.4. The van der Waals surface area contributed by atoms with Crippen molar-refractivity contribution >= 4 is 6.09 Å². The molecule has 1 saturated heterocycles. The van der Waals surface area contributed by atoms with Crippen LogP contribution in [0.4, 0.5) is 18.0 Å². The molecule has 1 heterocycles. The number of nitrogens with one attached hydrogen (secondary N) is 2. The molecule has 0 radical (unpaired) electrons. The molecule has 0 saturated carbocycles. The first-order valence-electron chi connectivity index (χ1n) is 6.85. The van der Waals surface area contributed by atoms with Crippen LogP contribution in [0.2, 0.25) is 0 Å². The molecule has 2 N–H and O–H groups in total. The van der Waals surface area contributed by atoms with Crippen LogP contribution in [0.1, 0.15) is 41.0 Å². The monoisotopic (exact) mass is 298 g/mol. The Morgan fingerprint density at radius 1 is 1.20 bits per heavy atom. The van der Waals surface area contributed by atoms with Gasteiger partial charge in [-0.1, -0.05) is 13.8 Å². The lowest BCUT2D eigenvalue weighted by Crippen LogP contribution is -2.52. The van der Waals surface area contributed by atoms with Gasteiger partial charge < -0.3 is 15.4 Å². The van der Waals surface area contributed by atoms with Crippen molar-refractivity contribution in [3.63, 3.8) is 0 Å². The number of halogens is 3. The highest BCUT2D eigenvalue weighted by Gasteiger charge is 2.42. The standard InChI is InChI=1S/C11H19F3N2O2.C2H6/c1-10(2,3)18-9(17)16-8-4-7(5-15-6-8)11(12,13)14;1-2/h7-8,15H,4-6H2,1-3H3,(H,16,17);1-2H3/t7-,8+;/m0./s1. The zero-order chi connectivity index (χ0) is 16.0. The Hall–Kier alpha value is -0.980. The van der Waals surface area contributed by atoms with Crippen LogP contribution >= 0.6 is 0 Å². The molecule has 1 fully saturated rings. The van der Waals surface area contributed by atoms with Crippen LogP contribution in [0.5, 0.6) is 0 Å². The van der Waals surface area contributed by atoms with Crippen molar-refractivity contribution in [3.8, 4) is 0 Å². The van der Waals surface area contributed by atoms with E-state index in [9.17, 15) is 18.0 Å². The Labute approximate surface area is 118 Å². The summed E-state index contributed by atoms with van der Waals surface area (Å²) in [7, 11) is 0. The molecule has 0 aromatic rings. The largest absolute Gasteiger partial charge is 0.444 e. The molecule has 0 aromatic carbocycles. The Bertz CT molecular complexity index is 301. The minimum atomic E-state index is -4.23. The maximum atomic E-state index is 12.5. The van der Waals surface area contributed by atoms with Gasteiger partial charge in [0.2, 0.25) is 0 Å². The van der Waals surface area contributed by atoms with Crippen LogP contribution in [0.15, 0.2) is 0 Å². The number of alkyl halides is 3. The van der Waals surface area contributed by atoms with Gasteiger partial charge in [0.15, 0.2) is 0 Å². The van der Waals surface area contributed by atoms with Crippen molar-refractivity contribution in [2.45, 2.75) is 58.9 Å². The highest BCUT2D eigenvalue weighted by atomic mass is 19.4. The summed E-state index contributed by atoms with van der Waals surface area (Å²) < 4.78 is 42.6. The average molecular weight is 298 g/mol. The molecule has 0 bridgehead atoms. The van der Waals surface area contributed by atoms with E-state index in [1.165, 1.54) is 0 Å². The van der Waals surface area contributed by atoms with E-state index in [-0.39, 0.29) is 13.0 Å². The van der Waals surface area contributed by atoms with E-state index < -0.39 is 29.8 Å². The molecule has 1 aliphatic rings. The van der Waals surface area contributed by atoms with E-state index >= 15 is 0 Å². The summed E-state index contributed by atoms with van der Waals surface area (Å²) in [5.41, 5.74) is -0.657. The van der Waals surface area contributed by atoms with Crippen molar-refractivity contribution in [1.29, 1.82) is 0 Å². The first-order valence-corrected chi connectivity index (χ1v) is 6.85. The molecule has 7 heteroatoms. The van der Waals surface area contributed by atoms with E-state index in [1.807, 2.05) is 13.8 Å². The van der Waals surface area contributed by atoms with Crippen molar-refractivity contribution in [1.82, 2.24) is 10.6 Å². The van der Waals surface area contributed by atoms with E-state index in [1.54, 1.807) is 20.8 Å². The minimum Gasteiger partial charge on any atom is -0.444 e. The van der Waals surface area contributed by atoms with Crippen LogP contribution < -0.4 is 10.6 Å². The van der Waals surface area contributed by atoms with Gasteiger partial charge in [0, 0.05) is 19.1 Å². The quantitative estimate of drug-likeness (QED) is 0.782. The van der Waals surface area contributed by atoms with Gasteiger partial charge in [0.05, 0.1) is 5.92 Å². The van der Waals surface area contributed by atoms with Gasteiger partial charge in [-0.15, -0.1) is 0 Å². The fourth-order valence-electron chi connectivity index (χ4n) is 1.78. The molecule has 0 unspecified atom stereocenters. The lowest BCUT2D eigenvalue weighted by atomic mass is 9.95. The summed E-state index contributed by atoms with van der Waals surface area (Å²) in [6, 6.07) is -0.555. The Balaban J connectivity index is 0.00000172. The van der Waals surface area contributed by atoms with Gasteiger partial charge in [-0.25, -0.2) is 4.79 Å². The molecule has 1 amide bonds. The lowest BCUT2D eigenvalue weighted by molar-refractivity contribution is -0.179. The fraction of sp³-hybridized carbons (Fsp3) is 0.923. The number of hydrogen-bond acceptors (Lipinski definition) is 3. The number of alkyl carbamates (subject to hydrolysis) is 1. The van der Waals surface area contributed by atoms with Gasteiger partial charge in [-0.05, 0) is 27.2 Å². The smallest absolute Gasteiger partial charge is 0.407 e. The second-order valence-corrected chi connectivity index (χ2v) is 5.48. The van der Waals surface area contributed by atoms with Gasteiger partial charge in [0.25, 0.3) is 0 Å². The van der Waals surface area contributed by atoms with Crippen molar-refractivity contribution in [2.24, 2.45) is 5.92 Å². The zero-order valence-corrected chi connectivity index (χ0v) is 12.7. The van der Waals surface area contributed by atoms with Gasteiger partial charge in [-0.2, -0.15) is 13.2 Å². The summed E-state index contributed by atoms with van der Waals surface area (Å²) in [6.07, 6.45) is -5.03. The number of amides is 1. The normalized spacial score (nSPS) is 23.4. The molecular weight excluding hydrogens is 273 g/mol. The van der Waals surface area contributed by atoms with Gasteiger partial charge in [0.1, 0.15) is 5.60 Å². The van der Waals surface area contributed by atoms with Crippen molar-refractivity contribution in [3.05, 3.63) is 0 Å². The van der Waals surface area contributed by atoms with E-state index in [2.05, 4.69) is 10.6 Å². The number of ether oxygens (including phenoxy) is 1. The fourth-order valence-corrected chi connectivity index (χ4v) is 1.78. The minimum absolute atomic E-state index is 0.101. The second kappa shape index (κ2) is 7.71. The second-order valence-electron chi connectivity index (χ2n) is 5.48. The number of carbonyl (C=O) groups is 1. The average Bonchev–Trinajstić information content (AvgIpc) is 2.28. The Kier molecular flexibility index (Phi) is 7.33. The molecule has 0 spiro atoms. The molecule has 20 heavy (non-hydrogen) atoms. The molecule has 0 aliphatic carbocycles. The van der Waals surface area contributed by atoms with Crippen LogP contribution in [0, 0.1) is 5.92 Å². The summed E-state index contributed by atoms with van der Waals surface area (Å²) in [5, 5.41) is 5.12. The molecule has 1 aliphatic heterocycles. The number of carbonyl (C=O) groups excluding carboxylic acids is 1. The van der Waals surface area contributed by atoms with E-state index in [0.29, 0.717) is 6.54 Å². The van der Waals surface area contributed by atoms with Gasteiger partial charge >= 0.3 is 12.3 Å². The zero-order valence-electron chi connectivity index (χ0n) is 12.7. The number of hydrogen-bond donors (Lipinski definition) is 2. The molecule has 120 valence electrons. The lowest BCUT2D eigenvalue weighted by Gasteiger charge is -2.32. The third-order valence-corrected chi connectivity index (χ3v) is 2.53. The third kappa shape index (κ3) is 7.57. The summed E-state index contributed by atoms with van der Waals surface area (Å²) >= 11 is 0. The number of piperidine rings is 1. The predicted octanol–water partition coefficient (Wildman–Crippen LogP) is 3.08. The molecule has 2 atom stereocenters. The first-order chi connectivity index (χ1) is 9.08. The molecule has 1 rings (SSSR count). The topological polar surface area (TPSA) is 50.4 Å². The summed E-state index contributed by atoms with van der Waals surface area (Å²) in [6.45, 7) is 9.32. The van der Waals surface area contributed by atoms with Crippen molar-refractivity contribution in [2.75, 3.05) is 13.1 Å². The SMILES string of the molecule is CC.CC(C)(C)OC(=O)N[C@H]1CNC[C@@H](C(F)(F)F)C1. The Morgan fingerprint density at radius 3 is 2.20 bits per heavy atom. The van der Waals surface area contributed by atoms with E-state index in [4.69, 9.17) is 4.74 Å². The van der Waals surface area contributed by atoms with Gasteiger partial charge in [-0.3, -0.25) is 0 Å². The third-order valence-electron chi connectivity index (χ3n) is 2.53. The Morgan fingerprint density at radius 2 is 1.75 bits per heavy atom. The molecular formula is C13H25F3N2O2. The summed E-state index contributed by atoms with van der Waals surface area (Å²) in [5.74, 6) is -1.42. The number of rotatable bonds is 1. The van der Waals surface area contributed by atoms with E-state index in [0.717, 1.165) is 0 Å². The predicted molar refractivity (Wildman–Crippen MR) is 71.5 cm³/mol. The van der Waals surface area contributed by atoms with Crippen LogP contribution in [0.3, 0.4) is 0 Å².